The molecule has 2 heteroatoms. The Bertz CT molecular complexity index is 19.1. The van der Waals surface area contributed by atoms with Crippen molar-refractivity contribution in [2.45, 2.75) is 12.8 Å². The van der Waals surface area contributed by atoms with Crippen LogP contribution in [0.2, 0.25) is 0 Å². The molecule has 0 spiro atoms. The Morgan fingerprint density at radius 3 is 1.67 bits per heavy atom. The zero-order chi connectivity index (χ0) is 3.54. The molecule has 0 amide bonds. The molecule has 0 radical (unpaired) electrons. The van der Waals surface area contributed by atoms with Crippen LogP contribution in [-0.2, 0) is 4.74 Å². The summed E-state index contributed by atoms with van der Waals surface area (Å²) in [6, 6.07) is 0. The molecule has 1 aliphatic heterocycles. The molecule has 1 unspecified atom stereocenters. The number of hydrogen-bond acceptors (Lipinski definition) is 1. The molecule has 0 aromatic heterocycles. The van der Waals surface area contributed by atoms with Crippen LogP contribution in [-0.4, -0.2) is 31.2 Å². The molecule has 1 atom stereocenters. The second-order valence-electron chi connectivity index (χ2n) is 1.32. The van der Waals surface area contributed by atoms with Gasteiger partial charge in [-0.15, -0.1) is 0 Å². The van der Waals surface area contributed by atoms with Crippen LogP contribution in [0.25, 0.3) is 0 Å². The minimum atomic E-state index is 0. The molecule has 1 fully saturated rings. The molecule has 0 aromatic rings. The Labute approximate surface area is 49.4 Å². The fourth-order valence-corrected chi connectivity index (χ4v) is 0.510. The standard InChI is InChI=1S/C4H8O.AsH3/c1-2-4-5-3-1;/h1-4H2;1H3. The van der Waals surface area contributed by atoms with E-state index in [1.807, 2.05) is 0 Å². The van der Waals surface area contributed by atoms with Crippen molar-refractivity contribution in [2.75, 3.05) is 13.2 Å². The minimum absolute atomic E-state index is 0. The molecule has 0 N–H and O–H groups in total. The van der Waals surface area contributed by atoms with E-state index in [9.17, 15) is 0 Å². The van der Waals surface area contributed by atoms with Crippen molar-refractivity contribution < 1.29 is 4.74 Å². The molecule has 38 valence electrons. The molecule has 0 aliphatic carbocycles. The number of hydrogen-bond donors (Lipinski definition) is 0. The summed E-state index contributed by atoms with van der Waals surface area (Å²) in [4.78, 5) is 0. The van der Waals surface area contributed by atoms with Gasteiger partial charge in [0.25, 0.3) is 0 Å². The Hall–Kier alpha value is 0.518. The van der Waals surface area contributed by atoms with Gasteiger partial charge in [0.1, 0.15) is 0 Å². The van der Waals surface area contributed by atoms with Crippen LogP contribution in [0.3, 0.4) is 0 Å². The SMILES string of the molecule is C1CCOC1.[AsH3]. The van der Waals surface area contributed by atoms with E-state index in [1.165, 1.54) is 12.8 Å². The normalized spacial score (nSPS) is 20.0. The van der Waals surface area contributed by atoms with Gasteiger partial charge in [-0.1, -0.05) is 0 Å². The molecule has 0 saturated carbocycles. The van der Waals surface area contributed by atoms with Crippen LogP contribution < -0.4 is 0 Å². The van der Waals surface area contributed by atoms with Crippen LogP contribution in [0, 0.1) is 0 Å². The third-order valence-electron chi connectivity index (χ3n) is 0.827. The van der Waals surface area contributed by atoms with Gasteiger partial charge in [0.2, 0.25) is 0 Å². The summed E-state index contributed by atoms with van der Waals surface area (Å²) in [6.07, 6.45) is 2.56. The second kappa shape index (κ2) is 3.70. The first-order valence-corrected chi connectivity index (χ1v) is 2.08. The van der Waals surface area contributed by atoms with Crippen molar-refractivity contribution in [3.63, 3.8) is 0 Å². The fraction of sp³-hybridized carbons (Fsp3) is 1.00. The van der Waals surface area contributed by atoms with Crippen molar-refractivity contribution in [1.82, 2.24) is 0 Å². The van der Waals surface area contributed by atoms with Gasteiger partial charge < -0.3 is 4.74 Å². The molecule has 0 aromatic carbocycles. The van der Waals surface area contributed by atoms with Gasteiger partial charge in [0.15, 0.2) is 0 Å². The Balaban J connectivity index is 0.000000250. The van der Waals surface area contributed by atoms with E-state index in [0.717, 1.165) is 13.2 Å². The van der Waals surface area contributed by atoms with Crippen molar-refractivity contribution in [2.24, 2.45) is 0 Å². The molecule has 1 rings (SSSR count). The average Bonchev–Trinajstić information content (AvgIpc) is 1.76. The topological polar surface area (TPSA) is 9.23 Å². The van der Waals surface area contributed by atoms with Crippen molar-refractivity contribution in [3.05, 3.63) is 0 Å². The molecule has 1 saturated heterocycles. The maximum atomic E-state index is 4.94. The van der Waals surface area contributed by atoms with E-state index in [2.05, 4.69) is 0 Å². The summed E-state index contributed by atoms with van der Waals surface area (Å²) in [5, 5.41) is 0. The van der Waals surface area contributed by atoms with Gasteiger partial charge in [-0.05, 0) is 12.8 Å². The van der Waals surface area contributed by atoms with Gasteiger partial charge >= 0.3 is 18.0 Å². The second-order valence-corrected chi connectivity index (χ2v) is 1.32. The fourth-order valence-electron chi connectivity index (χ4n) is 0.510. The van der Waals surface area contributed by atoms with Crippen molar-refractivity contribution >= 4 is 18.0 Å². The van der Waals surface area contributed by atoms with Crippen LogP contribution >= 0.6 is 0 Å². The molecule has 1 aliphatic rings. The number of rotatable bonds is 0. The molecule has 6 heavy (non-hydrogen) atoms. The van der Waals surface area contributed by atoms with E-state index in [0.29, 0.717) is 0 Å². The molecule has 0 bridgehead atoms. The maximum absolute atomic E-state index is 4.94. The van der Waals surface area contributed by atoms with E-state index < -0.39 is 0 Å². The van der Waals surface area contributed by atoms with Gasteiger partial charge in [-0.2, -0.15) is 0 Å². The first-order chi connectivity index (χ1) is 2.50. The van der Waals surface area contributed by atoms with Crippen LogP contribution in [0.5, 0.6) is 0 Å². The zero-order valence-corrected chi connectivity index (χ0v) is 6.91. The van der Waals surface area contributed by atoms with Crippen molar-refractivity contribution in [3.8, 4) is 0 Å². The predicted octanol–water partition coefficient (Wildman–Crippen LogP) is -0.387. The molecular weight excluding hydrogens is 139 g/mol. The third kappa shape index (κ3) is 1.84. The van der Waals surface area contributed by atoms with Gasteiger partial charge in [-0.25, -0.2) is 0 Å². The van der Waals surface area contributed by atoms with E-state index in [1.54, 1.807) is 0 Å². The summed E-state index contributed by atoms with van der Waals surface area (Å²) in [5.41, 5.74) is 0. The Kier molecular flexibility index (Phi) is 4.02. The molecule has 1 nitrogen and oxygen atoms in total. The van der Waals surface area contributed by atoms with Crippen LogP contribution in [0.1, 0.15) is 12.8 Å². The Morgan fingerprint density at radius 1 is 1.00 bits per heavy atom. The summed E-state index contributed by atoms with van der Waals surface area (Å²) in [6.45, 7) is 2.00. The Morgan fingerprint density at radius 2 is 1.50 bits per heavy atom. The summed E-state index contributed by atoms with van der Waals surface area (Å²) < 4.78 is 4.94. The monoisotopic (exact) mass is 150 g/mol. The van der Waals surface area contributed by atoms with Gasteiger partial charge in [0.05, 0.1) is 0 Å². The first kappa shape index (κ1) is 6.52. The predicted molar refractivity (Wildman–Crippen MR) is 30.0 cm³/mol. The van der Waals surface area contributed by atoms with E-state index in [4.69, 9.17) is 4.74 Å². The van der Waals surface area contributed by atoms with E-state index in [-0.39, 0.29) is 18.0 Å². The van der Waals surface area contributed by atoms with Gasteiger partial charge in [-0.3, -0.25) is 0 Å². The molecular formula is C4H11AsO. The first-order valence-electron chi connectivity index (χ1n) is 2.08. The van der Waals surface area contributed by atoms with Gasteiger partial charge in [0, 0.05) is 13.2 Å². The zero-order valence-electron chi connectivity index (χ0n) is 3.94. The van der Waals surface area contributed by atoms with Crippen LogP contribution in [0.4, 0.5) is 0 Å². The van der Waals surface area contributed by atoms with Crippen molar-refractivity contribution in [1.29, 1.82) is 0 Å². The summed E-state index contributed by atoms with van der Waals surface area (Å²) in [5.74, 6) is 0. The average molecular weight is 150 g/mol. The van der Waals surface area contributed by atoms with E-state index >= 15 is 0 Å². The number of ether oxygens (including phenoxy) is 1. The quantitative estimate of drug-likeness (QED) is 0.427. The third-order valence-corrected chi connectivity index (χ3v) is 0.827. The summed E-state index contributed by atoms with van der Waals surface area (Å²) in [7, 11) is 0. The molecule has 1 heterocycles. The summed E-state index contributed by atoms with van der Waals surface area (Å²) >= 11 is 0. The van der Waals surface area contributed by atoms with Crippen LogP contribution in [0.15, 0.2) is 0 Å².